The molecule has 0 unspecified atom stereocenters. The standard InChI is InChI=1S/C17H17NO2S/c21-11-9-16-15-12-14(6-7-17(15)20-18-16)19-10-8-13-4-2-1-3-5-13/h1-7,12,21H,8-11H2. The molecule has 1 heterocycles. The van der Waals surface area contributed by atoms with Gasteiger partial charge in [0.1, 0.15) is 5.75 Å². The molecule has 3 nitrogen and oxygen atoms in total. The molecular formula is C17H17NO2S. The third-order valence-electron chi connectivity index (χ3n) is 3.37. The van der Waals surface area contributed by atoms with E-state index in [0.29, 0.717) is 6.61 Å². The van der Waals surface area contributed by atoms with E-state index in [4.69, 9.17) is 9.26 Å². The number of thiol groups is 1. The number of hydrogen-bond acceptors (Lipinski definition) is 4. The van der Waals surface area contributed by atoms with Crippen LogP contribution in [0.15, 0.2) is 53.1 Å². The van der Waals surface area contributed by atoms with Gasteiger partial charge in [0.15, 0.2) is 5.58 Å². The van der Waals surface area contributed by atoms with E-state index in [1.165, 1.54) is 5.56 Å². The highest BCUT2D eigenvalue weighted by Gasteiger charge is 2.08. The molecule has 108 valence electrons. The first-order valence-corrected chi connectivity index (χ1v) is 7.66. The summed E-state index contributed by atoms with van der Waals surface area (Å²) in [6.07, 6.45) is 1.69. The lowest BCUT2D eigenvalue weighted by molar-refractivity contribution is 0.322. The summed E-state index contributed by atoms with van der Waals surface area (Å²) in [5.74, 6) is 1.60. The van der Waals surface area contributed by atoms with E-state index in [9.17, 15) is 0 Å². The quantitative estimate of drug-likeness (QED) is 0.701. The fraction of sp³-hybridized carbons (Fsp3) is 0.235. The summed E-state index contributed by atoms with van der Waals surface area (Å²) >= 11 is 4.24. The van der Waals surface area contributed by atoms with Crippen LogP contribution in [0, 0.1) is 0 Å². The summed E-state index contributed by atoms with van der Waals surface area (Å²) in [4.78, 5) is 0. The zero-order chi connectivity index (χ0) is 14.5. The predicted molar refractivity (Wildman–Crippen MR) is 87.2 cm³/mol. The Morgan fingerprint density at radius 2 is 1.90 bits per heavy atom. The van der Waals surface area contributed by atoms with Gasteiger partial charge in [-0.3, -0.25) is 0 Å². The lowest BCUT2D eigenvalue weighted by atomic mass is 10.1. The topological polar surface area (TPSA) is 35.3 Å². The molecule has 3 aromatic rings. The second-order valence-corrected chi connectivity index (χ2v) is 5.29. The van der Waals surface area contributed by atoms with Crippen molar-refractivity contribution >= 4 is 23.6 Å². The van der Waals surface area contributed by atoms with Crippen molar-refractivity contribution in [2.45, 2.75) is 12.8 Å². The van der Waals surface area contributed by atoms with Crippen molar-refractivity contribution < 1.29 is 9.26 Å². The molecular weight excluding hydrogens is 282 g/mol. The molecule has 4 heteroatoms. The predicted octanol–water partition coefficient (Wildman–Crippen LogP) is 3.92. The van der Waals surface area contributed by atoms with Crippen LogP contribution >= 0.6 is 12.6 Å². The maximum absolute atomic E-state index is 5.83. The summed E-state index contributed by atoms with van der Waals surface area (Å²) in [7, 11) is 0. The first-order valence-electron chi connectivity index (χ1n) is 7.03. The molecule has 0 amide bonds. The molecule has 0 aliphatic heterocycles. The van der Waals surface area contributed by atoms with Gasteiger partial charge >= 0.3 is 0 Å². The molecule has 0 aliphatic carbocycles. The highest BCUT2D eigenvalue weighted by molar-refractivity contribution is 7.80. The zero-order valence-corrected chi connectivity index (χ0v) is 12.6. The van der Waals surface area contributed by atoms with Gasteiger partial charge in [0, 0.05) is 18.2 Å². The van der Waals surface area contributed by atoms with Crippen molar-refractivity contribution in [2.24, 2.45) is 0 Å². The average Bonchev–Trinajstić information content (AvgIpc) is 2.92. The Balaban J connectivity index is 1.68. The lowest BCUT2D eigenvalue weighted by Crippen LogP contribution is -2.01. The summed E-state index contributed by atoms with van der Waals surface area (Å²) in [6, 6.07) is 16.1. The van der Waals surface area contributed by atoms with Crippen LogP contribution in [0.25, 0.3) is 11.0 Å². The van der Waals surface area contributed by atoms with Gasteiger partial charge in [0.2, 0.25) is 0 Å². The summed E-state index contributed by atoms with van der Waals surface area (Å²) in [5.41, 5.74) is 3.01. The summed E-state index contributed by atoms with van der Waals surface area (Å²) in [5, 5.41) is 5.09. The maximum atomic E-state index is 5.83. The third-order valence-corrected chi connectivity index (χ3v) is 3.59. The number of fused-ring (bicyclic) bond motifs is 1. The Morgan fingerprint density at radius 1 is 1.05 bits per heavy atom. The molecule has 0 aliphatic rings. The number of rotatable bonds is 6. The maximum Gasteiger partial charge on any atom is 0.167 e. The van der Waals surface area contributed by atoms with Crippen LogP contribution in [0.1, 0.15) is 11.3 Å². The molecule has 0 radical (unpaired) electrons. The SMILES string of the molecule is SCCc1noc2ccc(OCCc3ccccc3)cc12. The fourth-order valence-corrected chi connectivity index (χ4v) is 2.49. The Kier molecular flexibility index (Phi) is 4.46. The van der Waals surface area contributed by atoms with Crippen molar-refractivity contribution in [1.29, 1.82) is 0 Å². The lowest BCUT2D eigenvalue weighted by Gasteiger charge is -2.06. The first kappa shape index (κ1) is 14.0. The third kappa shape index (κ3) is 3.39. The number of aryl methyl sites for hydroxylation is 1. The van der Waals surface area contributed by atoms with Crippen LogP contribution in [-0.4, -0.2) is 17.5 Å². The van der Waals surface area contributed by atoms with Gasteiger partial charge in [-0.05, 0) is 29.5 Å². The van der Waals surface area contributed by atoms with Crippen molar-refractivity contribution in [1.82, 2.24) is 5.16 Å². The largest absolute Gasteiger partial charge is 0.493 e. The van der Waals surface area contributed by atoms with Gasteiger partial charge in [0.05, 0.1) is 12.3 Å². The summed E-state index contributed by atoms with van der Waals surface area (Å²) < 4.78 is 11.1. The van der Waals surface area contributed by atoms with Crippen molar-refractivity contribution in [3.8, 4) is 5.75 Å². The molecule has 1 aromatic heterocycles. The minimum atomic E-state index is 0.655. The Morgan fingerprint density at radius 3 is 2.71 bits per heavy atom. The molecule has 2 aromatic carbocycles. The van der Waals surface area contributed by atoms with Crippen LogP contribution in [-0.2, 0) is 12.8 Å². The van der Waals surface area contributed by atoms with Crippen molar-refractivity contribution in [3.05, 3.63) is 59.8 Å². The molecule has 0 saturated heterocycles. The smallest absolute Gasteiger partial charge is 0.167 e. The van der Waals surface area contributed by atoms with Crippen LogP contribution in [0.5, 0.6) is 5.75 Å². The molecule has 0 atom stereocenters. The molecule has 21 heavy (non-hydrogen) atoms. The minimum absolute atomic E-state index is 0.655. The van der Waals surface area contributed by atoms with Gasteiger partial charge in [-0.2, -0.15) is 12.6 Å². The molecule has 3 rings (SSSR count). The van der Waals surface area contributed by atoms with Gasteiger partial charge in [-0.15, -0.1) is 0 Å². The van der Waals surface area contributed by atoms with Crippen molar-refractivity contribution in [2.75, 3.05) is 12.4 Å². The highest BCUT2D eigenvalue weighted by atomic mass is 32.1. The second-order valence-electron chi connectivity index (χ2n) is 4.84. The number of aromatic nitrogens is 1. The zero-order valence-electron chi connectivity index (χ0n) is 11.7. The highest BCUT2D eigenvalue weighted by Crippen LogP contribution is 2.24. The van der Waals surface area contributed by atoms with E-state index in [1.54, 1.807) is 0 Å². The minimum Gasteiger partial charge on any atom is -0.493 e. The molecule has 0 bridgehead atoms. The molecule has 0 fully saturated rings. The summed E-state index contributed by atoms with van der Waals surface area (Å²) in [6.45, 7) is 0.655. The van der Waals surface area contributed by atoms with Gasteiger partial charge in [-0.1, -0.05) is 35.5 Å². The van der Waals surface area contributed by atoms with Crippen molar-refractivity contribution in [3.63, 3.8) is 0 Å². The number of ether oxygens (including phenoxy) is 1. The van der Waals surface area contributed by atoms with E-state index in [-0.39, 0.29) is 0 Å². The van der Waals surface area contributed by atoms with Crippen LogP contribution < -0.4 is 4.74 Å². The van der Waals surface area contributed by atoms with E-state index < -0.39 is 0 Å². The molecule has 0 spiro atoms. The fourth-order valence-electron chi connectivity index (χ4n) is 2.28. The average molecular weight is 299 g/mol. The Hall–Kier alpha value is -1.94. The van der Waals surface area contributed by atoms with Crippen LogP contribution in [0.3, 0.4) is 0 Å². The Bertz CT molecular complexity index is 709. The van der Waals surface area contributed by atoms with E-state index in [2.05, 4.69) is 29.9 Å². The molecule has 0 saturated carbocycles. The van der Waals surface area contributed by atoms with E-state index >= 15 is 0 Å². The van der Waals surface area contributed by atoms with E-state index in [0.717, 1.165) is 41.0 Å². The molecule has 0 N–H and O–H groups in total. The number of benzene rings is 2. The number of hydrogen-bond donors (Lipinski definition) is 1. The number of nitrogens with zero attached hydrogens (tertiary/aromatic N) is 1. The van der Waals surface area contributed by atoms with E-state index in [1.807, 2.05) is 36.4 Å². The van der Waals surface area contributed by atoms with Crippen LogP contribution in [0.4, 0.5) is 0 Å². The van der Waals surface area contributed by atoms with Gasteiger partial charge in [-0.25, -0.2) is 0 Å². The van der Waals surface area contributed by atoms with Crippen LogP contribution in [0.2, 0.25) is 0 Å². The van der Waals surface area contributed by atoms with Gasteiger partial charge in [0.25, 0.3) is 0 Å². The second kappa shape index (κ2) is 6.68. The first-order chi connectivity index (χ1) is 10.4. The monoisotopic (exact) mass is 299 g/mol. The normalized spacial score (nSPS) is 10.9. The Labute approximate surface area is 129 Å². The van der Waals surface area contributed by atoms with Gasteiger partial charge < -0.3 is 9.26 Å².